The Bertz CT molecular complexity index is 526. The van der Waals surface area contributed by atoms with Gasteiger partial charge >= 0.3 is 0 Å². The van der Waals surface area contributed by atoms with Crippen molar-refractivity contribution in [1.82, 2.24) is 0 Å². The topological polar surface area (TPSA) is 9.23 Å². The quantitative estimate of drug-likeness (QED) is 0.334. The molecule has 152 valence electrons. The molecule has 0 N–H and O–H groups in total. The van der Waals surface area contributed by atoms with Crippen LogP contribution in [0.15, 0.2) is 30.3 Å². The van der Waals surface area contributed by atoms with E-state index < -0.39 is 6.08 Å². The second-order valence-electron chi connectivity index (χ2n) is 7.92. The first-order chi connectivity index (χ1) is 13.2. The molecular formula is C24H36F2O. The van der Waals surface area contributed by atoms with Crippen LogP contribution in [-0.4, -0.2) is 12.7 Å². The van der Waals surface area contributed by atoms with E-state index in [1.54, 1.807) is 12.1 Å². The van der Waals surface area contributed by atoms with Crippen LogP contribution in [0.1, 0.15) is 101 Å². The first kappa shape index (κ1) is 22.1. The number of hydrogen-bond donors (Lipinski definition) is 0. The lowest BCUT2D eigenvalue weighted by Crippen LogP contribution is -2.21. The maximum absolute atomic E-state index is 12.3. The minimum atomic E-state index is -1.64. The Hall–Kier alpha value is -1.22. The molecule has 1 saturated carbocycles. The first-order valence-electron chi connectivity index (χ1n) is 10.9. The van der Waals surface area contributed by atoms with Gasteiger partial charge in [-0.3, -0.25) is 0 Å². The summed E-state index contributed by atoms with van der Waals surface area (Å²) in [7, 11) is 0. The molecule has 1 fully saturated rings. The molecule has 1 aromatic carbocycles. The monoisotopic (exact) mass is 378 g/mol. The van der Waals surface area contributed by atoms with Crippen molar-refractivity contribution in [2.75, 3.05) is 6.61 Å². The van der Waals surface area contributed by atoms with Gasteiger partial charge in [0.1, 0.15) is 0 Å². The molecule has 2 rings (SSSR count). The van der Waals surface area contributed by atoms with Crippen LogP contribution >= 0.6 is 0 Å². The van der Waals surface area contributed by atoms with Crippen LogP contribution in [-0.2, 0) is 4.74 Å². The molecule has 0 aromatic heterocycles. The number of rotatable bonds is 12. The highest BCUT2D eigenvalue weighted by molar-refractivity contribution is 5.50. The van der Waals surface area contributed by atoms with Crippen molar-refractivity contribution < 1.29 is 13.5 Å². The highest BCUT2D eigenvalue weighted by Crippen LogP contribution is 2.34. The van der Waals surface area contributed by atoms with Gasteiger partial charge in [-0.15, -0.1) is 0 Å². The molecule has 1 aromatic rings. The van der Waals surface area contributed by atoms with Gasteiger partial charge in [0.15, 0.2) is 0 Å². The Kier molecular flexibility index (Phi) is 10.7. The van der Waals surface area contributed by atoms with E-state index >= 15 is 0 Å². The van der Waals surface area contributed by atoms with Crippen LogP contribution in [0.3, 0.4) is 0 Å². The summed E-state index contributed by atoms with van der Waals surface area (Å²) in [6.07, 6.45) is 14.9. The first-order valence-corrected chi connectivity index (χ1v) is 10.9. The van der Waals surface area contributed by atoms with Crippen molar-refractivity contribution in [3.8, 4) is 0 Å². The van der Waals surface area contributed by atoms with Crippen molar-refractivity contribution in [3.63, 3.8) is 0 Å². The van der Waals surface area contributed by atoms with E-state index in [9.17, 15) is 8.78 Å². The van der Waals surface area contributed by atoms with Gasteiger partial charge in [-0.25, -0.2) is 0 Å². The molecule has 0 radical (unpaired) electrons. The van der Waals surface area contributed by atoms with Crippen LogP contribution in [0.4, 0.5) is 8.78 Å². The summed E-state index contributed by atoms with van der Waals surface area (Å²) in [4.78, 5) is 0. The molecule has 27 heavy (non-hydrogen) atoms. The van der Waals surface area contributed by atoms with Crippen molar-refractivity contribution >= 4 is 6.08 Å². The number of hydrogen-bond acceptors (Lipinski definition) is 1. The largest absolute Gasteiger partial charge is 0.378 e. The molecule has 0 unspecified atom stereocenters. The highest BCUT2D eigenvalue weighted by atomic mass is 19.3. The predicted octanol–water partition coefficient (Wildman–Crippen LogP) is 8.11. The molecule has 1 aliphatic carbocycles. The number of halogens is 2. The summed E-state index contributed by atoms with van der Waals surface area (Å²) in [6.45, 7) is 3.16. The van der Waals surface area contributed by atoms with E-state index in [1.165, 1.54) is 56.9 Å². The lowest BCUT2D eigenvalue weighted by molar-refractivity contribution is 0.0226. The van der Waals surface area contributed by atoms with Crippen LogP contribution in [0.5, 0.6) is 0 Å². The maximum atomic E-state index is 12.3. The van der Waals surface area contributed by atoms with E-state index in [0.29, 0.717) is 17.6 Å². The van der Waals surface area contributed by atoms with Gasteiger partial charge < -0.3 is 4.74 Å². The fourth-order valence-corrected chi connectivity index (χ4v) is 4.04. The Morgan fingerprint density at radius 1 is 0.889 bits per heavy atom. The summed E-state index contributed by atoms with van der Waals surface area (Å²) in [5.41, 5.74) is 1.84. The van der Waals surface area contributed by atoms with Gasteiger partial charge in [0, 0.05) is 12.7 Å². The molecule has 0 amide bonds. The minimum absolute atomic E-state index is 0.411. The SMILES string of the molecule is CCCCCCCCCCO[C@H]1CC[C@H](c2ccc(C=C(F)F)cc2)CC1. The normalized spacial score (nSPS) is 19.8. The maximum Gasteiger partial charge on any atom is 0.270 e. The molecular weight excluding hydrogens is 342 g/mol. The lowest BCUT2D eigenvalue weighted by Gasteiger charge is -2.29. The smallest absolute Gasteiger partial charge is 0.270 e. The molecule has 0 atom stereocenters. The summed E-state index contributed by atoms with van der Waals surface area (Å²) < 4.78 is 30.7. The zero-order valence-electron chi connectivity index (χ0n) is 16.9. The predicted molar refractivity (Wildman–Crippen MR) is 110 cm³/mol. The van der Waals surface area contributed by atoms with E-state index in [-0.39, 0.29) is 0 Å². The Labute approximate surface area is 164 Å². The highest BCUT2D eigenvalue weighted by Gasteiger charge is 2.22. The zero-order chi connectivity index (χ0) is 19.3. The Balaban J connectivity index is 1.56. The van der Waals surface area contributed by atoms with E-state index in [1.807, 2.05) is 12.1 Å². The average molecular weight is 379 g/mol. The third-order valence-corrected chi connectivity index (χ3v) is 5.71. The summed E-state index contributed by atoms with van der Waals surface area (Å²) in [6, 6.07) is 7.58. The second-order valence-corrected chi connectivity index (χ2v) is 7.92. The fraction of sp³-hybridized carbons (Fsp3) is 0.667. The van der Waals surface area contributed by atoms with E-state index in [0.717, 1.165) is 38.4 Å². The zero-order valence-corrected chi connectivity index (χ0v) is 16.9. The third kappa shape index (κ3) is 9.01. The molecule has 1 aliphatic rings. The van der Waals surface area contributed by atoms with Gasteiger partial charge in [-0.2, -0.15) is 8.78 Å². The number of ether oxygens (including phenoxy) is 1. The molecule has 0 heterocycles. The number of unbranched alkanes of at least 4 members (excludes halogenated alkanes) is 7. The Morgan fingerprint density at radius 2 is 1.48 bits per heavy atom. The van der Waals surface area contributed by atoms with Gasteiger partial charge in [0.25, 0.3) is 6.08 Å². The van der Waals surface area contributed by atoms with Crippen LogP contribution in [0, 0.1) is 0 Å². The molecule has 0 saturated heterocycles. The van der Waals surface area contributed by atoms with Crippen LogP contribution in [0.25, 0.3) is 6.08 Å². The average Bonchev–Trinajstić information content (AvgIpc) is 2.67. The van der Waals surface area contributed by atoms with Crippen molar-refractivity contribution in [1.29, 1.82) is 0 Å². The molecule has 0 spiro atoms. The fourth-order valence-electron chi connectivity index (χ4n) is 4.04. The molecule has 0 bridgehead atoms. The summed E-state index contributed by atoms with van der Waals surface area (Å²) >= 11 is 0. The minimum Gasteiger partial charge on any atom is -0.378 e. The van der Waals surface area contributed by atoms with Gasteiger partial charge in [0.05, 0.1) is 6.10 Å². The molecule has 1 nitrogen and oxygen atoms in total. The van der Waals surface area contributed by atoms with Crippen molar-refractivity contribution in [3.05, 3.63) is 41.5 Å². The standard InChI is InChI=1S/C24H36F2O/c1-2-3-4-5-6-7-8-9-18-27-23-16-14-22(15-17-23)21-12-10-20(11-13-21)19-24(25)26/h10-13,19,22-23H,2-9,14-18H2,1H3/t22-,23-. The van der Waals surface area contributed by atoms with Crippen molar-refractivity contribution in [2.24, 2.45) is 0 Å². The summed E-state index contributed by atoms with van der Waals surface area (Å²) in [5.74, 6) is 0.543. The van der Waals surface area contributed by atoms with Gasteiger partial charge in [-0.1, -0.05) is 76.1 Å². The Morgan fingerprint density at radius 3 is 2.07 bits per heavy atom. The van der Waals surface area contributed by atoms with E-state index in [4.69, 9.17) is 4.74 Å². The summed E-state index contributed by atoms with van der Waals surface area (Å²) in [5, 5.41) is 0. The van der Waals surface area contributed by atoms with Crippen LogP contribution in [0.2, 0.25) is 0 Å². The molecule has 0 aliphatic heterocycles. The molecule has 3 heteroatoms. The van der Waals surface area contributed by atoms with E-state index in [2.05, 4.69) is 6.92 Å². The van der Waals surface area contributed by atoms with Crippen molar-refractivity contribution in [2.45, 2.75) is 96.0 Å². The van der Waals surface area contributed by atoms with Gasteiger partial charge in [-0.05, 0) is 49.1 Å². The lowest BCUT2D eigenvalue weighted by atomic mass is 9.82. The third-order valence-electron chi connectivity index (χ3n) is 5.71. The van der Waals surface area contributed by atoms with Crippen LogP contribution < -0.4 is 0 Å². The number of benzene rings is 1. The second kappa shape index (κ2) is 13.0. The van der Waals surface area contributed by atoms with Gasteiger partial charge in [0.2, 0.25) is 0 Å².